The van der Waals surface area contributed by atoms with Crippen molar-refractivity contribution in [3.63, 3.8) is 0 Å². The average molecular weight is 463 g/mol. The number of carbonyl (C=O) groups excluding carboxylic acids is 2. The number of nitrogens with one attached hydrogen (secondary N) is 2. The Balaban J connectivity index is 1.58. The highest BCUT2D eigenvalue weighted by Crippen LogP contribution is 2.39. The van der Waals surface area contributed by atoms with Gasteiger partial charge in [-0.15, -0.1) is 0 Å². The topological polar surface area (TPSA) is 93.1 Å². The number of fused-ring (bicyclic) bond motifs is 1. The van der Waals surface area contributed by atoms with Crippen molar-refractivity contribution >= 4 is 44.2 Å². The fraction of sp³-hybridized carbons (Fsp3) is 0.545. The normalized spacial score (nSPS) is 15.8. The SMILES string of the molecule is CCCCCn1nc(C(=O)NNC(=O)CCCCC2CCSS2)c2ccccc2c1=O. The number of amides is 2. The monoisotopic (exact) mass is 462 g/mol. The van der Waals surface area contributed by atoms with E-state index >= 15 is 0 Å². The van der Waals surface area contributed by atoms with Crippen LogP contribution in [0.15, 0.2) is 29.1 Å². The van der Waals surface area contributed by atoms with E-state index in [1.165, 1.54) is 16.9 Å². The van der Waals surface area contributed by atoms with Gasteiger partial charge in [-0.3, -0.25) is 25.2 Å². The summed E-state index contributed by atoms with van der Waals surface area (Å²) in [6.07, 6.45) is 7.39. The summed E-state index contributed by atoms with van der Waals surface area (Å²) in [5.41, 5.74) is 4.89. The highest BCUT2D eigenvalue weighted by molar-refractivity contribution is 8.77. The van der Waals surface area contributed by atoms with Gasteiger partial charge in [0.25, 0.3) is 11.5 Å². The van der Waals surface area contributed by atoms with Crippen LogP contribution < -0.4 is 16.4 Å². The molecule has 1 aliphatic heterocycles. The second-order valence-electron chi connectivity index (χ2n) is 7.71. The lowest BCUT2D eigenvalue weighted by molar-refractivity contribution is -0.122. The van der Waals surface area contributed by atoms with Gasteiger partial charge in [0.1, 0.15) is 0 Å². The van der Waals surface area contributed by atoms with E-state index in [-0.39, 0.29) is 17.2 Å². The van der Waals surface area contributed by atoms with Crippen LogP contribution in [0.5, 0.6) is 0 Å². The Morgan fingerprint density at radius 2 is 1.94 bits per heavy atom. The third-order valence-electron chi connectivity index (χ3n) is 5.28. The molecule has 168 valence electrons. The standard InChI is InChI=1S/C22H30N4O3S2/c1-2-3-8-14-26-22(29)18-11-6-5-10-17(18)20(25-26)21(28)24-23-19(27)12-7-4-9-16-13-15-30-31-16/h5-6,10-11,16H,2-4,7-9,12-15H2,1H3,(H,23,27)(H,24,28). The molecule has 0 aliphatic carbocycles. The molecule has 2 heterocycles. The Labute approximate surface area is 190 Å². The first-order valence-electron chi connectivity index (χ1n) is 11.0. The maximum Gasteiger partial charge on any atom is 0.290 e. The van der Waals surface area contributed by atoms with Gasteiger partial charge < -0.3 is 0 Å². The molecule has 1 fully saturated rings. The van der Waals surface area contributed by atoms with E-state index in [4.69, 9.17) is 0 Å². The van der Waals surface area contributed by atoms with Crippen LogP contribution >= 0.6 is 21.6 Å². The Morgan fingerprint density at radius 1 is 1.13 bits per heavy atom. The molecule has 3 rings (SSSR count). The van der Waals surface area contributed by atoms with E-state index in [1.807, 2.05) is 21.6 Å². The zero-order chi connectivity index (χ0) is 22.1. The Morgan fingerprint density at radius 3 is 2.68 bits per heavy atom. The lowest BCUT2D eigenvalue weighted by Crippen LogP contribution is -2.42. The smallest absolute Gasteiger partial charge is 0.273 e. The lowest BCUT2D eigenvalue weighted by atomic mass is 10.1. The number of nitrogens with zero attached hydrogens (tertiary/aromatic N) is 2. The summed E-state index contributed by atoms with van der Waals surface area (Å²) in [6.45, 7) is 2.55. The van der Waals surface area contributed by atoms with Gasteiger partial charge >= 0.3 is 0 Å². The molecule has 2 amide bonds. The highest BCUT2D eigenvalue weighted by atomic mass is 33.1. The Bertz CT molecular complexity index is 957. The minimum atomic E-state index is -0.520. The first-order valence-corrected chi connectivity index (χ1v) is 13.4. The summed E-state index contributed by atoms with van der Waals surface area (Å²) >= 11 is 0. The maximum atomic E-state index is 12.8. The van der Waals surface area contributed by atoms with Crippen molar-refractivity contribution in [3.8, 4) is 0 Å². The molecule has 0 spiro atoms. The second-order valence-corrected chi connectivity index (χ2v) is 10.5. The third kappa shape index (κ3) is 6.74. The third-order valence-corrected chi connectivity index (χ3v) is 8.29. The van der Waals surface area contributed by atoms with Gasteiger partial charge in [-0.1, -0.05) is 66.0 Å². The van der Waals surface area contributed by atoms with Crippen LogP contribution in [0.4, 0.5) is 0 Å². The molecular formula is C22H30N4O3S2. The highest BCUT2D eigenvalue weighted by Gasteiger charge is 2.18. The van der Waals surface area contributed by atoms with E-state index in [0.29, 0.717) is 29.0 Å². The number of carbonyl (C=O) groups is 2. The van der Waals surface area contributed by atoms with Gasteiger partial charge in [0.15, 0.2) is 5.69 Å². The quantitative estimate of drug-likeness (QED) is 0.314. The minimum Gasteiger partial charge on any atom is -0.273 e. The van der Waals surface area contributed by atoms with Crippen LogP contribution in [0.25, 0.3) is 10.8 Å². The van der Waals surface area contributed by atoms with Crippen LogP contribution in [0, 0.1) is 0 Å². The Kier molecular flexibility index (Phi) is 9.27. The van der Waals surface area contributed by atoms with Crippen LogP contribution in [-0.4, -0.2) is 32.6 Å². The van der Waals surface area contributed by atoms with Crippen molar-refractivity contribution in [1.82, 2.24) is 20.6 Å². The predicted octanol–water partition coefficient (Wildman–Crippen LogP) is 4.06. The molecule has 1 aromatic carbocycles. The molecule has 2 N–H and O–H groups in total. The zero-order valence-corrected chi connectivity index (χ0v) is 19.5. The molecule has 9 heteroatoms. The van der Waals surface area contributed by atoms with Crippen LogP contribution in [0.2, 0.25) is 0 Å². The maximum absolute atomic E-state index is 12.8. The molecule has 0 bridgehead atoms. The molecule has 7 nitrogen and oxygen atoms in total. The first kappa shape index (κ1) is 23.7. The molecule has 1 unspecified atom stereocenters. The molecule has 1 saturated heterocycles. The van der Waals surface area contributed by atoms with Crippen molar-refractivity contribution in [1.29, 1.82) is 0 Å². The van der Waals surface area contributed by atoms with Gasteiger partial charge in [-0.2, -0.15) is 5.10 Å². The number of aryl methyl sites for hydroxylation is 1. The zero-order valence-electron chi connectivity index (χ0n) is 17.9. The number of rotatable bonds is 10. The van der Waals surface area contributed by atoms with E-state index in [2.05, 4.69) is 22.9 Å². The summed E-state index contributed by atoms with van der Waals surface area (Å²) in [4.78, 5) is 37.6. The first-order chi connectivity index (χ1) is 15.1. The Hall–Kier alpha value is -2.00. The number of unbranched alkanes of at least 4 members (excludes halogenated alkanes) is 3. The van der Waals surface area contributed by atoms with E-state index < -0.39 is 5.91 Å². The number of hydrogen-bond donors (Lipinski definition) is 2. The number of aromatic nitrogens is 2. The number of hydrogen-bond acceptors (Lipinski definition) is 6. The molecule has 1 aromatic heterocycles. The summed E-state index contributed by atoms with van der Waals surface area (Å²) in [7, 11) is 3.88. The van der Waals surface area contributed by atoms with Gasteiger partial charge in [0.05, 0.1) is 5.39 Å². The van der Waals surface area contributed by atoms with E-state index in [0.717, 1.165) is 38.5 Å². The van der Waals surface area contributed by atoms with Crippen LogP contribution in [0.1, 0.15) is 68.8 Å². The lowest BCUT2D eigenvalue weighted by Gasteiger charge is -2.12. The van der Waals surface area contributed by atoms with Gasteiger partial charge in [-0.25, -0.2) is 4.68 Å². The molecule has 31 heavy (non-hydrogen) atoms. The summed E-state index contributed by atoms with van der Waals surface area (Å²) < 4.78 is 1.36. The molecular weight excluding hydrogens is 432 g/mol. The van der Waals surface area contributed by atoms with Crippen molar-refractivity contribution in [3.05, 3.63) is 40.3 Å². The molecule has 2 aromatic rings. The van der Waals surface area contributed by atoms with Crippen molar-refractivity contribution < 1.29 is 9.59 Å². The number of benzene rings is 1. The molecule has 0 radical (unpaired) electrons. The largest absolute Gasteiger partial charge is 0.290 e. The molecule has 0 saturated carbocycles. The summed E-state index contributed by atoms with van der Waals surface area (Å²) in [5, 5.41) is 5.95. The predicted molar refractivity (Wildman–Crippen MR) is 128 cm³/mol. The fourth-order valence-electron chi connectivity index (χ4n) is 3.54. The van der Waals surface area contributed by atoms with Gasteiger partial charge in [0.2, 0.25) is 5.91 Å². The summed E-state index contributed by atoms with van der Waals surface area (Å²) in [5.74, 6) is 0.479. The van der Waals surface area contributed by atoms with E-state index in [1.54, 1.807) is 24.3 Å². The number of hydrazine groups is 1. The second kappa shape index (κ2) is 12.1. The van der Waals surface area contributed by atoms with Crippen molar-refractivity contribution in [2.75, 3.05) is 5.75 Å². The fourth-order valence-corrected chi connectivity index (χ4v) is 6.56. The van der Waals surface area contributed by atoms with Crippen molar-refractivity contribution in [2.24, 2.45) is 0 Å². The minimum absolute atomic E-state index is 0.141. The average Bonchev–Trinajstić information content (AvgIpc) is 3.30. The van der Waals surface area contributed by atoms with Gasteiger partial charge in [0, 0.05) is 29.4 Å². The van der Waals surface area contributed by atoms with Crippen LogP contribution in [-0.2, 0) is 11.3 Å². The molecule has 1 atom stereocenters. The van der Waals surface area contributed by atoms with Crippen LogP contribution in [0.3, 0.4) is 0 Å². The van der Waals surface area contributed by atoms with E-state index in [9.17, 15) is 14.4 Å². The summed E-state index contributed by atoms with van der Waals surface area (Å²) in [6, 6.07) is 6.94. The van der Waals surface area contributed by atoms with Crippen molar-refractivity contribution in [2.45, 2.75) is 70.1 Å². The van der Waals surface area contributed by atoms with Gasteiger partial charge in [-0.05, 0) is 31.7 Å². The molecule has 1 aliphatic rings.